The molecule has 18 heavy (non-hydrogen) atoms. The molecule has 2 aromatic carbocycles. The largest absolute Gasteiger partial charge is 0.278 e. The molecule has 0 amide bonds. The minimum Gasteiger partial charge on any atom is -0.278 e. The zero-order valence-corrected chi connectivity index (χ0v) is 10.1. The van der Waals surface area contributed by atoms with Crippen LogP contribution in [0.15, 0.2) is 42.6 Å². The lowest BCUT2D eigenvalue weighted by molar-refractivity contribution is 1.12. The van der Waals surface area contributed by atoms with Crippen molar-refractivity contribution in [3.8, 4) is 11.1 Å². The van der Waals surface area contributed by atoms with Crippen LogP contribution in [0.2, 0.25) is 0 Å². The van der Waals surface area contributed by atoms with Crippen molar-refractivity contribution in [2.45, 2.75) is 0 Å². The van der Waals surface area contributed by atoms with Crippen molar-refractivity contribution < 1.29 is 0 Å². The van der Waals surface area contributed by atoms with Crippen molar-refractivity contribution >= 4 is 33.7 Å². The summed E-state index contributed by atoms with van der Waals surface area (Å²) in [4.78, 5) is 0. The van der Waals surface area contributed by atoms with Crippen LogP contribution in [0, 0.1) is 0 Å². The second kappa shape index (κ2) is 3.61. The summed E-state index contributed by atoms with van der Waals surface area (Å²) in [6.07, 6.45) is 1.82. The van der Waals surface area contributed by atoms with Crippen molar-refractivity contribution in [3.05, 3.63) is 42.6 Å². The molecule has 4 nitrogen and oxygen atoms in total. The van der Waals surface area contributed by atoms with Crippen molar-refractivity contribution in [2.75, 3.05) is 0 Å². The number of rotatable bonds is 1. The Morgan fingerprint density at radius 2 is 2.06 bits per heavy atom. The third-order valence-corrected chi connectivity index (χ3v) is 3.58. The lowest BCUT2D eigenvalue weighted by atomic mass is 10.0. The molecule has 0 unspecified atom stereocenters. The Labute approximate surface area is 107 Å². The van der Waals surface area contributed by atoms with Gasteiger partial charge in [0.05, 0.1) is 23.4 Å². The summed E-state index contributed by atoms with van der Waals surface area (Å²) in [6, 6.07) is 12.3. The predicted molar refractivity (Wildman–Crippen MR) is 72.5 cm³/mol. The van der Waals surface area contributed by atoms with E-state index in [-0.39, 0.29) is 0 Å². The van der Waals surface area contributed by atoms with Gasteiger partial charge in [-0.15, -0.1) is 0 Å². The maximum Gasteiger partial charge on any atom is 0.112 e. The van der Waals surface area contributed by atoms with E-state index in [0.29, 0.717) is 0 Å². The number of nitrogens with one attached hydrogen (secondary N) is 1. The first-order valence-corrected chi connectivity index (χ1v) is 6.30. The quantitative estimate of drug-likeness (QED) is 0.566. The van der Waals surface area contributed by atoms with Gasteiger partial charge in [-0.05, 0) is 17.7 Å². The average Bonchev–Trinajstić information content (AvgIpc) is 3.05. The molecule has 0 aliphatic heterocycles. The van der Waals surface area contributed by atoms with Crippen LogP contribution in [0.5, 0.6) is 0 Å². The number of H-pyrrole nitrogens is 1. The smallest absolute Gasteiger partial charge is 0.112 e. The third kappa shape index (κ3) is 1.34. The summed E-state index contributed by atoms with van der Waals surface area (Å²) in [5.74, 6) is 0. The summed E-state index contributed by atoms with van der Waals surface area (Å²) in [5.41, 5.74) is 5.18. The molecule has 5 heteroatoms. The van der Waals surface area contributed by atoms with E-state index in [1.165, 1.54) is 11.7 Å². The minimum atomic E-state index is 0.946. The van der Waals surface area contributed by atoms with Gasteiger partial charge in [-0.3, -0.25) is 5.10 Å². The lowest BCUT2D eigenvalue weighted by Crippen LogP contribution is -1.81. The highest BCUT2D eigenvalue weighted by Crippen LogP contribution is 2.29. The third-order valence-electron chi connectivity index (χ3n) is 3.04. The SMILES string of the molecule is c1cc(-c2ccc3cn[nH]c3c2)c2nsnc2c1. The number of aromatic nitrogens is 4. The van der Waals surface area contributed by atoms with Crippen molar-refractivity contribution in [2.24, 2.45) is 0 Å². The molecule has 2 heterocycles. The van der Waals surface area contributed by atoms with Gasteiger partial charge in [-0.1, -0.05) is 24.3 Å². The Kier molecular flexibility index (Phi) is 1.95. The summed E-state index contributed by atoms with van der Waals surface area (Å²) >= 11 is 1.25. The van der Waals surface area contributed by atoms with Crippen LogP contribution >= 0.6 is 11.7 Å². The fourth-order valence-corrected chi connectivity index (χ4v) is 2.69. The first-order chi connectivity index (χ1) is 8.92. The normalized spacial score (nSPS) is 11.3. The lowest BCUT2D eigenvalue weighted by Gasteiger charge is -2.02. The fourth-order valence-electron chi connectivity index (χ4n) is 2.14. The Morgan fingerprint density at radius 3 is 3.06 bits per heavy atom. The second-order valence-corrected chi connectivity index (χ2v) is 4.64. The number of fused-ring (bicyclic) bond motifs is 2. The molecule has 0 radical (unpaired) electrons. The molecule has 0 saturated carbocycles. The summed E-state index contributed by atoms with van der Waals surface area (Å²) in [6.45, 7) is 0. The first kappa shape index (κ1) is 9.73. The van der Waals surface area contributed by atoms with E-state index in [2.05, 4.69) is 43.2 Å². The molecule has 0 atom stereocenters. The summed E-state index contributed by atoms with van der Waals surface area (Å²) in [5, 5.41) is 8.14. The highest BCUT2D eigenvalue weighted by molar-refractivity contribution is 7.00. The van der Waals surface area contributed by atoms with E-state index < -0.39 is 0 Å². The van der Waals surface area contributed by atoms with Crippen LogP contribution in [-0.2, 0) is 0 Å². The zero-order valence-electron chi connectivity index (χ0n) is 9.29. The van der Waals surface area contributed by atoms with E-state index >= 15 is 0 Å². The number of nitrogens with zero attached hydrogens (tertiary/aromatic N) is 3. The van der Waals surface area contributed by atoms with E-state index in [0.717, 1.165) is 33.1 Å². The van der Waals surface area contributed by atoms with Gasteiger partial charge in [0.25, 0.3) is 0 Å². The van der Waals surface area contributed by atoms with Crippen LogP contribution in [0.4, 0.5) is 0 Å². The van der Waals surface area contributed by atoms with Gasteiger partial charge in [0, 0.05) is 10.9 Å². The van der Waals surface area contributed by atoms with Gasteiger partial charge in [-0.2, -0.15) is 13.8 Å². The van der Waals surface area contributed by atoms with E-state index in [1.54, 1.807) is 0 Å². The molecule has 0 aliphatic rings. The van der Waals surface area contributed by atoms with Crippen molar-refractivity contribution in [1.82, 2.24) is 18.9 Å². The molecule has 0 bridgehead atoms. The van der Waals surface area contributed by atoms with Crippen LogP contribution in [0.3, 0.4) is 0 Å². The standard InChI is InChI=1S/C13H8N4S/c1-2-10(13-11(3-1)16-18-17-13)8-4-5-9-7-14-15-12(9)6-8/h1-7H,(H,14,15). The van der Waals surface area contributed by atoms with Crippen molar-refractivity contribution in [3.63, 3.8) is 0 Å². The topological polar surface area (TPSA) is 54.5 Å². The highest BCUT2D eigenvalue weighted by atomic mass is 32.1. The molecule has 1 N–H and O–H groups in total. The van der Waals surface area contributed by atoms with Gasteiger partial charge >= 0.3 is 0 Å². The molecular formula is C13H8N4S. The summed E-state index contributed by atoms with van der Waals surface area (Å²) in [7, 11) is 0. The number of aromatic amines is 1. The number of benzene rings is 2. The van der Waals surface area contributed by atoms with Crippen LogP contribution in [0.25, 0.3) is 33.1 Å². The molecule has 0 spiro atoms. The molecule has 0 aliphatic carbocycles. The van der Waals surface area contributed by atoms with Gasteiger partial charge in [0.1, 0.15) is 11.0 Å². The van der Waals surface area contributed by atoms with Gasteiger partial charge in [-0.25, -0.2) is 0 Å². The predicted octanol–water partition coefficient (Wildman–Crippen LogP) is 3.23. The Bertz CT molecular complexity index is 846. The number of hydrogen-bond donors (Lipinski definition) is 1. The van der Waals surface area contributed by atoms with E-state index in [9.17, 15) is 0 Å². The number of hydrogen-bond acceptors (Lipinski definition) is 4. The minimum absolute atomic E-state index is 0.946. The van der Waals surface area contributed by atoms with Gasteiger partial charge in [0.15, 0.2) is 0 Å². The molecule has 4 rings (SSSR count). The molecule has 2 aromatic heterocycles. The Morgan fingerprint density at radius 1 is 1.06 bits per heavy atom. The molecular weight excluding hydrogens is 244 g/mol. The Balaban J connectivity index is 2.03. The van der Waals surface area contributed by atoms with Crippen LogP contribution in [0.1, 0.15) is 0 Å². The summed E-state index contributed by atoms with van der Waals surface area (Å²) < 4.78 is 8.64. The zero-order chi connectivity index (χ0) is 11.9. The Hall–Kier alpha value is -2.27. The van der Waals surface area contributed by atoms with Crippen LogP contribution < -0.4 is 0 Å². The van der Waals surface area contributed by atoms with Gasteiger partial charge < -0.3 is 0 Å². The fraction of sp³-hybridized carbons (Fsp3) is 0. The maximum absolute atomic E-state index is 4.37. The maximum atomic E-state index is 4.37. The molecule has 0 fully saturated rings. The van der Waals surface area contributed by atoms with Crippen LogP contribution in [-0.4, -0.2) is 18.9 Å². The molecule has 0 saturated heterocycles. The molecule has 4 aromatic rings. The second-order valence-electron chi connectivity index (χ2n) is 4.11. The highest BCUT2D eigenvalue weighted by Gasteiger charge is 2.07. The van der Waals surface area contributed by atoms with E-state index in [1.807, 2.05) is 18.3 Å². The monoisotopic (exact) mass is 252 g/mol. The van der Waals surface area contributed by atoms with Gasteiger partial charge in [0.2, 0.25) is 0 Å². The average molecular weight is 252 g/mol. The first-order valence-electron chi connectivity index (χ1n) is 5.56. The molecule has 86 valence electrons. The van der Waals surface area contributed by atoms with Crippen molar-refractivity contribution in [1.29, 1.82) is 0 Å². The van der Waals surface area contributed by atoms with E-state index in [4.69, 9.17) is 0 Å².